The zero-order valence-electron chi connectivity index (χ0n) is 2.72. The molecular weight excluding hydrogens is 103 g/mol. The second-order valence-electron chi connectivity index (χ2n) is 0.681. The number of nitrogens with one attached hydrogen (secondary N) is 1. The molecule has 0 bridgehead atoms. The first kappa shape index (κ1) is 3.55. The number of rotatable bonds is 0. The first-order valence-corrected chi connectivity index (χ1v) is 1.66. The summed E-state index contributed by atoms with van der Waals surface area (Å²) in [7, 11) is 0. The minimum absolute atomic E-state index is 0.148. The lowest BCUT2D eigenvalue weighted by atomic mass is 11.4. The van der Waals surface area contributed by atoms with Crippen LogP contribution in [0.3, 0.4) is 0 Å². The molecule has 1 N–H and O–H groups in total. The molecule has 0 aliphatic carbocycles. The van der Waals surface area contributed by atoms with Gasteiger partial charge in [-0.25, -0.2) is 0 Å². The Morgan fingerprint density at radius 3 is 2.67 bits per heavy atom. The summed E-state index contributed by atoms with van der Waals surface area (Å²) in [5.74, 6) is 0. The van der Waals surface area contributed by atoms with Crippen molar-refractivity contribution < 1.29 is 0 Å². The molecule has 0 spiro atoms. The Bertz CT molecular complexity index is 111. The van der Waals surface area contributed by atoms with Gasteiger partial charge in [-0.2, -0.15) is 5.21 Å². The monoisotopic (exact) mass is 104 g/mol. The van der Waals surface area contributed by atoms with Gasteiger partial charge in [0.1, 0.15) is 0 Å². The highest BCUT2D eigenvalue weighted by molar-refractivity contribution is 6.28. The molecule has 0 fully saturated rings. The molecule has 0 saturated heterocycles. The third-order valence-corrected chi connectivity index (χ3v) is 0.480. The number of H-pyrrole nitrogens is 1. The minimum atomic E-state index is 0.148. The van der Waals surface area contributed by atoms with E-state index in [1.165, 1.54) is 0 Å². The Balaban J connectivity index is 3.05. The number of aromatic amines is 1. The summed E-state index contributed by atoms with van der Waals surface area (Å²) in [6.07, 6.45) is 0. The van der Waals surface area contributed by atoms with E-state index in [4.69, 9.17) is 11.6 Å². The van der Waals surface area contributed by atoms with Crippen LogP contribution >= 0.6 is 11.6 Å². The summed E-state index contributed by atoms with van der Waals surface area (Å²) >= 11 is 5.14. The van der Waals surface area contributed by atoms with Crippen molar-refractivity contribution in [2.45, 2.75) is 0 Å². The van der Waals surface area contributed by atoms with Crippen LogP contribution in [0.2, 0.25) is 5.28 Å². The van der Waals surface area contributed by atoms with Crippen molar-refractivity contribution in [1.82, 2.24) is 20.6 Å². The Hall–Kier alpha value is -0.640. The van der Waals surface area contributed by atoms with Gasteiger partial charge in [-0.15, -0.1) is 5.10 Å². The van der Waals surface area contributed by atoms with Gasteiger partial charge in [0.2, 0.25) is 0 Å². The molecule has 0 atom stereocenters. The molecule has 4 nitrogen and oxygen atoms in total. The summed E-state index contributed by atoms with van der Waals surface area (Å²) in [6, 6.07) is 0. The Morgan fingerprint density at radius 1 is 1.67 bits per heavy atom. The molecule has 1 heterocycles. The lowest BCUT2D eigenvalue weighted by Crippen LogP contribution is -1.64. The number of nitrogens with zero attached hydrogens (tertiary/aromatic N) is 3. The fourth-order valence-electron chi connectivity index (χ4n) is 0.150. The van der Waals surface area contributed by atoms with E-state index in [0.717, 1.165) is 0 Å². The van der Waals surface area contributed by atoms with Crippen LogP contribution < -0.4 is 0 Å². The average Bonchev–Trinajstić information content (AvgIpc) is 1.86. The topological polar surface area (TPSA) is 54.5 Å². The quantitative estimate of drug-likeness (QED) is 0.498. The van der Waals surface area contributed by atoms with E-state index in [2.05, 4.69) is 20.6 Å². The zero-order chi connectivity index (χ0) is 4.41. The number of tetrazole rings is 1. The molecular formula is CHClN4. The van der Waals surface area contributed by atoms with Gasteiger partial charge in [-0.05, 0) is 16.8 Å². The van der Waals surface area contributed by atoms with E-state index in [-0.39, 0.29) is 5.28 Å². The van der Waals surface area contributed by atoms with E-state index < -0.39 is 0 Å². The number of hydrogen-bond acceptors (Lipinski definition) is 3. The molecule has 0 aliphatic rings. The molecule has 0 aromatic carbocycles. The molecule has 1 aromatic rings. The number of aromatic nitrogens is 4. The summed E-state index contributed by atoms with van der Waals surface area (Å²) in [6.45, 7) is 0. The largest absolute Gasteiger partial charge is 0.263 e. The molecule has 0 radical (unpaired) electrons. The van der Waals surface area contributed by atoms with Gasteiger partial charge in [0, 0.05) is 0 Å². The van der Waals surface area contributed by atoms with Crippen LogP contribution in [0.5, 0.6) is 0 Å². The Kier molecular flexibility index (Phi) is 0.719. The first-order valence-electron chi connectivity index (χ1n) is 1.28. The predicted octanol–water partition coefficient (Wildman–Crippen LogP) is -0.147. The molecule has 1 aromatic heterocycles. The number of halogens is 1. The van der Waals surface area contributed by atoms with E-state index in [0.29, 0.717) is 0 Å². The van der Waals surface area contributed by atoms with Crippen molar-refractivity contribution in [3.8, 4) is 0 Å². The fourth-order valence-corrected chi connectivity index (χ4v) is 0.225. The van der Waals surface area contributed by atoms with E-state index in [9.17, 15) is 0 Å². The highest BCUT2D eigenvalue weighted by atomic mass is 35.5. The lowest BCUT2D eigenvalue weighted by Gasteiger charge is -1.56. The molecule has 32 valence electrons. The van der Waals surface area contributed by atoms with Crippen LogP contribution in [0.4, 0.5) is 0 Å². The fraction of sp³-hybridized carbons (Fsp3) is 0. The maximum atomic E-state index is 5.14. The van der Waals surface area contributed by atoms with Crippen LogP contribution in [0.1, 0.15) is 0 Å². The summed E-state index contributed by atoms with van der Waals surface area (Å²) in [5.41, 5.74) is 0. The van der Waals surface area contributed by atoms with Gasteiger partial charge >= 0.3 is 0 Å². The van der Waals surface area contributed by atoms with E-state index in [1.54, 1.807) is 0 Å². The van der Waals surface area contributed by atoms with Crippen molar-refractivity contribution in [3.63, 3.8) is 0 Å². The summed E-state index contributed by atoms with van der Waals surface area (Å²) in [4.78, 5) is 0. The smallest absolute Gasteiger partial charge is 0.176 e. The van der Waals surface area contributed by atoms with Crippen molar-refractivity contribution in [2.75, 3.05) is 0 Å². The minimum Gasteiger partial charge on any atom is -0.176 e. The van der Waals surface area contributed by atoms with Crippen LogP contribution in [0.15, 0.2) is 0 Å². The van der Waals surface area contributed by atoms with Gasteiger partial charge < -0.3 is 0 Å². The zero-order valence-corrected chi connectivity index (χ0v) is 3.48. The summed E-state index contributed by atoms with van der Waals surface area (Å²) < 4.78 is 0. The van der Waals surface area contributed by atoms with Gasteiger partial charge in [-0.1, -0.05) is 5.10 Å². The molecule has 0 unspecified atom stereocenters. The second-order valence-corrected chi connectivity index (χ2v) is 1.02. The third-order valence-electron chi connectivity index (χ3n) is 0.319. The van der Waals surface area contributed by atoms with Crippen LogP contribution in [-0.2, 0) is 0 Å². The molecule has 0 aliphatic heterocycles. The molecule has 6 heavy (non-hydrogen) atoms. The van der Waals surface area contributed by atoms with Crippen molar-refractivity contribution >= 4 is 11.6 Å². The SMILES string of the molecule is Clc1nn[nH]n1. The molecule has 0 saturated carbocycles. The van der Waals surface area contributed by atoms with Crippen LogP contribution in [-0.4, -0.2) is 20.6 Å². The molecule has 5 heteroatoms. The van der Waals surface area contributed by atoms with Gasteiger partial charge in [0.05, 0.1) is 0 Å². The van der Waals surface area contributed by atoms with Crippen LogP contribution in [0.25, 0.3) is 0 Å². The standard InChI is InChI=1S/CHClN4/c2-1-3-5-6-4-1/h(H,3,4,5,6). The van der Waals surface area contributed by atoms with Gasteiger partial charge in [0.15, 0.2) is 0 Å². The van der Waals surface area contributed by atoms with E-state index in [1.807, 2.05) is 0 Å². The Morgan fingerprint density at radius 2 is 2.50 bits per heavy atom. The maximum absolute atomic E-state index is 5.14. The third kappa shape index (κ3) is 0.463. The second kappa shape index (κ2) is 1.22. The van der Waals surface area contributed by atoms with Gasteiger partial charge in [0.25, 0.3) is 5.28 Å². The molecule has 1 rings (SSSR count). The number of hydrogen-bond donors (Lipinski definition) is 1. The normalized spacial score (nSPS) is 8.83. The maximum Gasteiger partial charge on any atom is 0.263 e. The van der Waals surface area contributed by atoms with E-state index >= 15 is 0 Å². The predicted molar refractivity (Wildman–Crippen MR) is 19.2 cm³/mol. The van der Waals surface area contributed by atoms with Crippen molar-refractivity contribution in [3.05, 3.63) is 5.28 Å². The highest BCUT2D eigenvalue weighted by Gasteiger charge is 1.82. The van der Waals surface area contributed by atoms with Crippen molar-refractivity contribution in [2.24, 2.45) is 0 Å². The molecule has 0 amide bonds. The highest BCUT2D eigenvalue weighted by Crippen LogP contribution is 1.87. The van der Waals surface area contributed by atoms with Crippen molar-refractivity contribution in [1.29, 1.82) is 0 Å². The lowest BCUT2D eigenvalue weighted by molar-refractivity contribution is 0.881. The average molecular weight is 104 g/mol. The Labute approximate surface area is 38.5 Å². The first-order chi connectivity index (χ1) is 2.89. The summed E-state index contributed by atoms with van der Waals surface area (Å²) in [5, 5.41) is 12.1. The van der Waals surface area contributed by atoms with Gasteiger partial charge in [-0.3, -0.25) is 0 Å². The van der Waals surface area contributed by atoms with Crippen LogP contribution in [0, 0.1) is 0 Å².